The van der Waals surface area contributed by atoms with Gasteiger partial charge in [0.2, 0.25) is 0 Å². The molecule has 72 valence electrons. The third-order valence-electron chi connectivity index (χ3n) is 2.00. The third-order valence-corrected chi connectivity index (χ3v) is 2.24. The first-order valence-electron chi connectivity index (χ1n) is 4.60. The van der Waals surface area contributed by atoms with Gasteiger partial charge in [-0.3, -0.25) is 0 Å². The van der Waals surface area contributed by atoms with Crippen molar-refractivity contribution in [3.05, 3.63) is 34.9 Å². The number of hydrogen-bond donors (Lipinski definition) is 1. The predicted molar refractivity (Wildman–Crippen MR) is 57.8 cm³/mol. The van der Waals surface area contributed by atoms with Crippen molar-refractivity contribution in [2.24, 2.45) is 11.7 Å². The van der Waals surface area contributed by atoms with Crippen molar-refractivity contribution in [1.29, 1.82) is 0 Å². The number of hydrogen-bond acceptors (Lipinski definition) is 1. The summed E-state index contributed by atoms with van der Waals surface area (Å²) >= 11 is 5.87. The Morgan fingerprint density at radius 2 is 2.08 bits per heavy atom. The zero-order valence-electron chi connectivity index (χ0n) is 8.13. The van der Waals surface area contributed by atoms with Gasteiger partial charge < -0.3 is 5.73 Å². The molecule has 1 rings (SSSR count). The van der Waals surface area contributed by atoms with Crippen LogP contribution in [0.1, 0.15) is 31.9 Å². The molecule has 0 aliphatic rings. The summed E-state index contributed by atoms with van der Waals surface area (Å²) in [5.74, 6) is 0.619. The van der Waals surface area contributed by atoms with Crippen LogP contribution < -0.4 is 5.73 Å². The quantitative estimate of drug-likeness (QED) is 0.790. The van der Waals surface area contributed by atoms with E-state index in [1.54, 1.807) is 0 Å². The highest BCUT2D eigenvalue weighted by atomic mass is 35.5. The second kappa shape index (κ2) is 4.64. The molecular weight excluding hydrogens is 182 g/mol. The van der Waals surface area contributed by atoms with E-state index in [2.05, 4.69) is 13.8 Å². The lowest BCUT2D eigenvalue weighted by Crippen LogP contribution is -2.12. The molecule has 1 aromatic carbocycles. The molecule has 0 saturated heterocycles. The molecule has 2 N–H and O–H groups in total. The van der Waals surface area contributed by atoms with E-state index in [1.165, 1.54) is 0 Å². The smallest absolute Gasteiger partial charge is 0.0409 e. The van der Waals surface area contributed by atoms with Crippen molar-refractivity contribution in [1.82, 2.24) is 0 Å². The number of benzene rings is 1. The van der Waals surface area contributed by atoms with Crippen molar-refractivity contribution in [3.63, 3.8) is 0 Å². The van der Waals surface area contributed by atoms with E-state index in [4.69, 9.17) is 17.3 Å². The molecule has 0 amide bonds. The summed E-state index contributed by atoms with van der Waals surface area (Å²) in [5.41, 5.74) is 7.13. The van der Waals surface area contributed by atoms with Crippen LogP contribution >= 0.6 is 11.6 Å². The zero-order valence-corrected chi connectivity index (χ0v) is 8.88. The van der Waals surface area contributed by atoms with Gasteiger partial charge in [-0.1, -0.05) is 37.6 Å². The molecule has 0 aromatic heterocycles. The molecule has 0 fully saturated rings. The van der Waals surface area contributed by atoms with E-state index in [-0.39, 0.29) is 6.04 Å². The molecule has 2 heteroatoms. The van der Waals surface area contributed by atoms with Crippen LogP contribution in [0.3, 0.4) is 0 Å². The maximum atomic E-state index is 6.01. The van der Waals surface area contributed by atoms with E-state index < -0.39 is 0 Å². The molecular formula is C11H16ClN. The third kappa shape index (κ3) is 3.37. The molecule has 0 saturated carbocycles. The first kappa shape index (κ1) is 10.6. The molecule has 0 spiro atoms. The fourth-order valence-electron chi connectivity index (χ4n) is 1.38. The average molecular weight is 198 g/mol. The van der Waals surface area contributed by atoms with Gasteiger partial charge in [-0.2, -0.15) is 0 Å². The maximum absolute atomic E-state index is 6.01. The van der Waals surface area contributed by atoms with Crippen molar-refractivity contribution in [2.45, 2.75) is 26.3 Å². The van der Waals surface area contributed by atoms with Crippen molar-refractivity contribution < 1.29 is 0 Å². The van der Waals surface area contributed by atoms with Crippen molar-refractivity contribution in [3.8, 4) is 0 Å². The minimum atomic E-state index is 0.110. The minimum absolute atomic E-state index is 0.110. The summed E-state index contributed by atoms with van der Waals surface area (Å²) in [6.45, 7) is 4.34. The fraction of sp³-hybridized carbons (Fsp3) is 0.455. The van der Waals surface area contributed by atoms with Crippen LogP contribution in [0.5, 0.6) is 0 Å². The van der Waals surface area contributed by atoms with Crippen LogP contribution in [-0.2, 0) is 0 Å². The van der Waals surface area contributed by atoms with Crippen LogP contribution in [0, 0.1) is 5.92 Å². The summed E-state index contributed by atoms with van der Waals surface area (Å²) < 4.78 is 0. The highest BCUT2D eigenvalue weighted by molar-refractivity contribution is 6.30. The van der Waals surface area contributed by atoms with Gasteiger partial charge in [0.05, 0.1) is 0 Å². The van der Waals surface area contributed by atoms with Gasteiger partial charge in [-0.25, -0.2) is 0 Å². The second-order valence-electron chi connectivity index (χ2n) is 3.79. The van der Waals surface area contributed by atoms with Gasteiger partial charge in [-0.15, -0.1) is 0 Å². The molecule has 0 radical (unpaired) electrons. The molecule has 0 aliphatic heterocycles. The fourth-order valence-corrected chi connectivity index (χ4v) is 1.58. The number of nitrogens with two attached hydrogens (primary N) is 1. The molecule has 1 atom stereocenters. The lowest BCUT2D eigenvalue weighted by atomic mass is 9.98. The Morgan fingerprint density at radius 3 is 2.62 bits per heavy atom. The lowest BCUT2D eigenvalue weighted by Gasteiger charge is -2.14. The Bertz CT molecular complexity index is 271. The van der Waals surface area contributed by atoms with Crippen LogP contribution in [0.2, 0.25) is 5.02 Å². The van der Waals surface area contributed by atoms with Crippen LogP contribution in [-0.4, -0.2) is 0 Å². The standard InChI is InChI=1S/C11H16ClN/c1-8(2)6-11(13)9-4-3-5-10(12)7-9/h3-5,7-8,11H,6,13H2,1-2H3. The Balaban J connectivity index is 2.71. The highest BCUT2D eigenvalue weighted by Gasteiger charge is 2.07. The molecule has 1 nitrogen and oxygen atoms in total. The van der Waals surface area contributed by atoms with E-state index >= 15 is 0 Å². The molecule has 13 heavy (non-hydrogen) atoms. The normalized spacial score (nSPS) is 13.3. The van der Waals surface area contributed by atoms with Gasteiger partial charge in [0, 0.05) is 11.1 Å². The second-order valence-corrected chi connectivity index (χ2v) is 4.23. The van der Waals surface area contributed by atoms with Crippen LogP contribution in [0.15, 0.2) is 24.3 Å². The van der Waals surface area contributed by atoms with Crippen LogP contribution in [0.4, 0.5) is 0 Å². The molecule has 1 unspecified atom stereocenters. The molecule has 1 aromatic rings. The largest absolute Gasteiger partial charge is 0.324 e. The first-order valence-corrected chi connectivity index (χ1v) is 4.98. The highest BCUT2D eigenvalue weighted by Crippen LogP contribution is 2.21. The molecule has 0 aliphatic carbocycles. The van der Waals surface area contributed by atoms with E-state index in [0.717, 1.165) is 17.0 Å². The Morgan fingerprint density at radius 1 is 1.38 bits per heavy atom. The van der Waals surface area contributed by atoms with E-state index in [9.17, 15) is 0 Å². The lowest BCUT2D eigenvalue weighted by molar-refractivity contribution is 0.510. The SMILES string of the molecule is CC(C)CC(N)c1cccc(Cl)c1. The molecule has 0 heterocycles. The summed E-state index contributed by atoms with van der Waals surface area (Å²) in [4.78, 5) is 0. The van der Waals surface area contributed by atoms with Gasteiger partial charge >= 0.3 is 0 Å². The van der Waals surface area contributed by atoms with E-state index in [1.807, 2.05) is 24.3 Å². The van der Waals surface area contributed by atoms with E-state index in [0.29, 0.717) is 5.92 Å². The first-order chi connectivity index (χ1) is 6.09. The maximum Gasteiger partial charge on any atom is 0.0409 e. The Labute approximate surface area is 84.9 Å². The average Bonchev–Trinajstić information content (AvgIpc) is 2.03. The topological polar surface area (TPSA) is 26.0 Å². The summed E-state index contributed by atoms with van der Waals surface area (Å²) in [7, 11) is 0. The van der Waals surface area contributed by atoms with Gasteiger partial charge in [-0.05, 0) is 30.0 Å². The Kier molecular flexibility index (Phi) is 3.76. The summed E-state index contributed by atoms with van der Waals surface area (Å²) in [6.07, 6.45) is 1.00. The number of rotatable bonds is 3. The van der Waals surface area contributed by atoms with Crippen molar-refractivity contribution in [2.75, 3.05) is 0 Å². The molecule has 0 bridgehead atoms. The minimum Gasteiger partial charge on any atom is -0.324 e. The van der Waals surface area contributed by atoms with Gasteiger partial charge in [0.15, 0.2) is 0 Å². The Hall–Kier alpha value is -0.530. The van der Waals surface area contributed by atoms with Gasteiger partial charge in [0.1, 0.15) is 0 Å². The van der Waals surface area contributed by atoms with Gasteiger partial charge in [0.25, 0.3) is 0 Å². The monoisotopic (exact) mass is 197 g/mol. The number of halogens is 1. The predicted octanol–water partition coefficient (Wildman–Crippen LogP) is 3.39. The van der Waals surface area contributed by atoms with Crippen LogP contribution in [0.25, 0.3) is 0 Å². The zero-order chi connectivity index (χ0) is 9.84. The van der Waals surface area contributed by atoms with Crippen molar-refractivity contribution >= 4 is 11.6 Å². The summed E-state index contributed by atoms with van der Waals surface area (Å²) in [6, 6.07) is 7.89. The summed E-state index contributed by atoms with van der Waals surface area (Å²) in [5, 5.41) is 0.761.